The van der Waals surface area contributed by atoms with Gasteiger partial charge in [-0.05, 0) is 23.1 Å². The van der Waals surface area contributed by atoms with Gasteiger partial charge in [-0.2, -0.15) is 0 Å². The van der Waals surface area contributed by atoms with Crippen molar-refractivity contribution < 1.29 is 9.90 Å². The number of hydrogen-bond acceptors (Lipinski definition) is 2. The fourth-order valence-corrected chi connectivity index (χ4v) is 2.06. The molecule has 1 N–H and O–H groups in total. The van der Waals surface area contributed by atoms with Crippen LogP contribution in [0.2, 0.25) is 0 Å². The molecule has 17 heavy (non-hydrogen) atoms. The molecule has 1 aliphatic rings. The second kappa shape index (κ2) is 4.15. The summed E-state index contributed by atoms with van der Waals surface area (Å²) < 4.78 is 0. The number of hydrogen-bond donors (Lipinski definition) is 1. The van der Waals surface area contributed by atoms with Crippen molar-refractivity contribution in [3.05, 3.63) is 29.8 Å². The van der Waals surface area contributed by atoms with Crippen LogP contribution in [0.15, 0.2) is 24.3 Å². The van der Waals surface area contributed by atoms with Crippen LogP contribution in [-0.4, -0.2) is 23.7 Å². The zero-order valence-electron chi connectivity index (χ0n) is 10.6. The topological polar surface area (TPSA) is 40.5 Å². The van der Waals surface area contributed by atoms with E-state index in [4.69, 9.17) is 0 Å². The summed E-state index contributed by atoms with van der Waals surface area (Å²) in [5.74, 6) is -0.187. The molecular weight excluding hydrogens is 214 g/mol. The first-order valence-electron chi connectivity index (χ1n) is 5.99. The van der Waals surface area contributed by atoms with Crippen molar-refractivity contribution in [2.75, 3.05) is 11.4 Å². The SMILES string of the molecule is CC(C)(C)c1ccc(N2CCC(O)C2=O)cc1. The largest absolute Gasteiger partial charge is 0.383 e. The van der Waals surface area contributed by atoms with Crippen molar-refractivity contribution >= 4 is 11.6 Å². The van der Waals surface area contributed by atoms with Gasteiger partial charge in [-0.3, -0.25) is 4.79 Å². The Morgan fingerprint density at radius 1 is 1.24 bits per heavy atom. The van der Waals surface area contributed by atoms with Gasteiger partial charge in [0.25, 0.3) is 5.91 Å². The number of aliphatic hydroxyl groups is 1. The monoisotopic (exact) mass is 233 g/mol. The molecule has 1 aromatic carbocycles. The van der Waals surface area contributed by atoms with Crippen molar-refractivity contribution in [2.24, 2.45) is 0 Å². The Morgan fingerprint density at radius 2 is 1.82 bits per heavy atom. The molecule has 1 atom stereocenters. The molecule has 0 aromatic heterocycles. The number of benzene rings is 1. The van der Waals surface area contributed by atoms with Crippen LogP contribution in [0.25, 0.3) is 0 Å². The molecular formula is C14H19NO2. The molecule has 1 aliphatic heterocycles. The van der Waals surface area contributed by atoms with E-state index < -0.39 is 6.10 Å². The summed E-state index contributed by atoms with van der Waals surface area (Å²) in [6.45, 7) is 7.08. The number of anilines is 1. The highest BCUT2D eigenvalue weighted by Gasteiger charge is 2.30. The fourth-order valence-electron chi connectivity index (χ4n) is 2.06. The molecule has 0 spiro atoms. The van der Waals surface area contributed by atoms with Crippen LogP contribution < -0.4 is 4.90 Å². The van der Waals surface area contributed by atoms with Crippen LogP contribution in [0.3, 0.4) is 0 Å². The molecule has 1 unspecified atom stereocenters. The fraction of sp³-hybridized carbons (Fsp3) is 0.500. The van der Waals surface area contributed by atoms with Gasteiger partial charge in [0.1, 0.15) is 6.10 Å². The highest BCUT2D eigenvalue weighted by Crippen LogP contribution is 2.26. The van der Waals surface area contributed by atoms with Gasteiger partial charge in [0.15, 0.2) is 0 Å². The average Bonchev–Trinajstić information content (AvgIpc) is 2.59. The molecule has 92 valence electrons. The van der Waals surface area contributed by atoms with E-state index >= 15 is 0 Å². The molecule has 1 aromatic rings. The third-order valence-corrected chi connectivity index (χ3v) is 3.22. The predicted molar refractivity (Wildman–Crippen MR) is 68.1 cm³/mol. The quantitative estimate of drug-likeness (QED) is 0.806. The maximum atomic E-state index is 11.7. The first-order chi connectivity index (χ1) is 7.89. The van der Waals surface area contributed by atoms with Crippen LogP contribution >= 0.6 is 0 Å². The van der Waals surface area contributed by atoms with Crippen molar-refractivity contribution in [3.8, 4) is 0 Å². The molecule has 0 bridgehead atoms. The average molecular weight is 233 g/mol. The summed E-state index contributed by atoms with van der Waals surface area (Å²) >= 11 is 0. The zero-order chi connectivity index (χ0) is 12.6. The Morgan fingerprint density at radius 3 is 2.24 bits per heavy atom. The highest BCUT2D eigenvalue weighted by molar-refractivity contribution is 5.98. The number of nitrogens with zero attached hydrogens (tertiary/aromatic N) is 1. The molecule has 2 rings (SSSR count). The van der Waals surface area contributed by atoms with Crippen LogP contribution in [0.1, 0.15) is 32.8 Å². The first kappa shape index (κ1) is 12.1. The van der Waals surface area contributed by atoms with Gasteiger partial charge in [0.05, 0.1) is 0 Å². The third-order valence-electron chi connectivity index (χ3n) is 3.22. The third kappa shape index (κ3) is 2.34. The number of amides is 1. The Labute approximate surface area is 102 Å². The second-order valence-corrected chi connectivity index (χ2v) is 5.59. The number of carbonyl (C=O) groups excluding carboxylic acids is 1. The molecule has 1 heterocycles. The van der Waals surface area contributed by atoms with Gasteiger partial charge in [-0.25, -0.2) is 0 Å². The minimum absolute atomic E-state index is 0.118. The maximum Gasteiger partial charge on any atom is 0.255 e. The van der Waals surface area contributed by atoms with Crippen LogP contribution in [0.5, 0.6) is 0 Å². The molecule has 1 saturated heterocycles. The first-order valence-corrected chi connectivity index (χ1v) is 5.99. The van der Waals surface area contributed by atoms with Crippen molar-refractivity contribution in [1.29, 1.82) is 0 Å². The van der Waals surface area contributed by atoms with E-state index in [-0.39, 0.29) is 11.3 Å². The number of carbonyl (C=O) groups is 1. The summed E-state index contributed by atoms with van der Waals surface area (Å²) in [6.07, 6.45) is -0.294. The Hall–Kier alpha value is -1.35. The van der Waals surface area contributed by atoms with Gasteiger partial charge in [0, 0.05) is 18.7 Å². The van der Waals surface area contributed by atoms with E-state index in [1.807, 2.05) is 24.3 Å². The molecule has 1 amide bonds. The molecule has 3 nitrogen and oxygen atoms in total. The van der Waals surface area contributed by atoms with Gasteiger partial charge >= 0.3 is 0 Å². The summed E-state index contributed by atoms with van der Waals surface area (Å²) in [5, 5.41) is 9.42. The van der Waals surface area contributed by atoms with E-state index in [1.165, 1.54) is 5.56 Å². The summed E-state index contributed by atoms with van der Waals surface area (Å²) in [4.78, 5) is 13.3. The summed E-state index contributed by atoms with van der Waals surface area (Å²) in [7, 11) is 0. The van der Waals surface area contributed by atoms with Gasteiger partial charge in [-0.1, -0.05) is 32.9 Å². The Balaban J connectivity index is 2.22. The van der Waals surface area contributed by atoms with E-state index in [0.717, 1.165) is 5.69 Å². The Kier molecular flexibility index (Phi) is 2.96. The lowest BCUT2D eigenvalue weighted by Crippen LogP contribution is -2.29. The summed E-state index contributed by atoms with van der Waals surface area (Å²) in [5.41, 5.74) is 2.24. The lowest BCUT2D eigenvalue weighted by molar-refractivity contribution is -0.123. The van der Waals surface area contributed by atoms with Gasteiger partial charge in [0.2, 0.25) is 0 Å². The molecule has 0 saturated carbocycles. The van der Waals surface area contributed by atoms with Gasteiger partial charge in [-0.15, -0.1) is 0 Å². The van der Waals surface area contributed by atoms with Crippen molar-refractivity contribution in [3.63, 3.8) is 0 Å². The standard InChI is InChI=1S/C14H19NO2/c1-14(2,3)10-4-6-11(7-5-10)15-9-8-12(16)13(15)17/h4-7,12,16H,8-9H2,1-3H3. The van der Waals surface area contributed by atoms with E-state index in [1.54, 1.807) is 4.90 Å². The minimum atomic E-state index is -0.822. The molecule has 0 radical (unpaired) electrons. The van der Waals surface area contributed by atoms with E-state index in [2.05, 4.69) is 20.8 Å². The lowest BCUT2D eigenvalue weighted by Gasteiger charge is -2.21. The Bertz CT molecular complexity index is 417. The van der Waals surface area contributed by atoms with Crippen molar-refractivity contribution in [2.45, 2.75) is 38.7 Å². The molecule has 3 heteroatoms. The van der Waals surface area contributed by atoms with E-state index in [9.17, 15) is 9.90 Å². The van der Waals surface area contributed by atoms with Crippen LogP contribution in [0.4, 0.5) is 5.69 Å². The second-order valence-electron chi connectivity index (χ2n) is 5.59. The minimum Gasteiger partial charge on any atom is -0.383 e. The smallest absolute Gasteiger partial charge is 0.255 e. The number of aliphatic hydroxyl groups excluding tert-OH is 1. The van der Waals surface area contributed by atoms with E-state index in [0.29, 0.717) is 13.0 Å². The molecule has 0 aliphatic carbocycles. The van der Waals surface area contributed by atoms with Gasteiger partial charge < -0.3 is 10.0 Å². The molecule has 1 fully saturated rings. The maximum absolute atomic E-state index is 11.7. The normalized spacial score (nSPS) is 21.1. The highest BCUT2D eigenvalue weighted by atomic mass is 16.3. The lowest BCUT2D eigenvalue weighted by atomic mass is 9.87. The summed E-state index contributed by atoms with van der Waals surface area (Å²) in [6, 6.07) is 8.01. The number of rotatable bonds is 1. The predicted octanol–water partition coefficient (Wildman–Crippen LogP) is 2.08. The van der Waals surface area contributed by atoms with Crippen LogP contribution in [-0.2, 0) is 10.2 Å². The zero-order valence-corrected chi connectivity index (χ0v) is 10.6. The van der Waals surface area contributed by atoms with Crippen molar-refractivity contribution in [1.82, 2.24) is 0 Å². The van der Waals surface area contributed by atoms with Crippen LogP contribution in [0, 0.1) is 0 Å².